The van der Waals surface area contributed by atoms with Crippen LogP contribution in [0.4, 0.5) is 0 Å². The molecule has 26 nitrogen and oxygen atoms in total. The molecule has 3 heterocycles. The van der Waals surface area contributed by atoms with Gasteiger partial charge in [0.25, 0.3) is 0 Å². The second-order valence-electron chi connectivity index (χ2n) is 12.9. The first-order chi connectivity index (χ1) is 25.7. The number of carbonyl (C=O) groups is 2. The van der Waals surface area contributed by atoms with E-state index in [1.165, 1.54) is 0 Å². The van der Waals surface area contributed by atoms with Crippen molar-refractivity contribution < 1.29 is 116 Å². The summed E-state index contributed by atoms with van der Waals surface area (Å²) in [6.07, 6.45) is -33.1. The molecule has 19 atom stereocenters. The first-order valence-electron chi connectivity index (χ1n) is 16.7. The smallest absolute Gasteiger partial charge is 0.394 e. The van der Waals surface area contributed by atoms with Gasteiger partial charge in [0.15, 0.2) is 18.9 Å². The lowest BCUT2D eigenvalue weighted by Gasteiger charge is -2.49. The van der Waals surface area contributed by atoms with Crippen molar-refractivity contribution in [2.75, 3.05) is 33.0 Å². The van der Waals surface area contributed by atoms with E-state index in [0.717, 1.165) is 13.8 Å². The van der Waals surface area contributed by atoms with Crippen LogP contribution in [0.1, 0.15) is 13.8 Å². The molecule has 3 rings (SSSR count). The van der Waals surface area contributed by atoms with Gasteiger partial charge in [-0.2, -0.15) is 8.42 Å². The van der Waals surface area contributed by atoms with Gasteiger partial charge in [-0.05, 0) is 0 Å². The first-order valence-corrected chi connectivity index (χ1v) is 18.0. The van der Waals surface area contributed by atoms with Gasteiger partial charge in [-0.1, -0.05) is 0 Å². The van der Waals surface area contributed by atoms with E-state index in [9.17, 15) is 79.3 Å². The number of rotatable bonds is 18. The first kappa shape index (κ1) is 47.5. The molecule has 0 aliphatic carbocycles. The van der Waals surface area contributed by atoms with Crippen molar-refractivity contribution in [3.63, 3.8) is 0 Å². The van der Waals surface area contributed by atoms with Crippen molar-refractivity contribution in [2.24, 2.45) is 0 Å². The summed E-state index contributed by atoms with van der Waals surface area (Å²) in [6.45, 7) is -3.02. The summed E-state index contributed by atoms with van der Waals surface area (Å²) in [5.74, 6) is -1.58. The number of hydrogen-bond acceptors (Lipinski definition) is 23. The zero-order valence-corrected chi connectivity index (χ0v) is 30.0. The highest BCUT2D eigenvalue weighted by Gasteiger charge is 2.55. The molecule has 0 saturated carbocycles. The van der Waals surface area contributed by atoms with Crippen LogP contribution < -0.4 is 10.6 Å². The highest BCUT2D eigenvalue weighted by atomic mass is 32.3. The Kier molecular flexibility index (Phi) is 17.8. The second kappa shape index (κ2) is 20.7. The van der Waals surface area contributed by atoms with Crippen LogP contribution in [0.2, 0.25) is 0 Å². The summed E-state index contributed by atoms with van der Waals surface area (Å²) in [7, 11) is -5.07. The average molecular weight is 831 g/mol. The van der Waals surface area contributed by atoms with Crippen LogP contribution in [-0.4, -0.2) is 236 Å². The van der Waals surface area contributed by atoms with Crippen molar-refractivity contribution in [3.8, 4) is 0 Å². The number of amides is 2. The molecule has 3 saturated heterocycles. The molecule has 0 aromatic carbocycles. The van der Waals surface area contributed by atoms with Gasteiger partial charge in [-0.25, -0.2) is 4.18 Å². The van der Waals surface area contributed by atoms with E-state index in [4.69, 9.17) is 33.0 Å². The number of nitrogens with one attached hydrogen (secondary N) is 2. The van der Waals surface area contributed by atoms with Crippen LogP contribution in [0.5, 0.6) is 0 Å². The molecule has 0 spiro atoms. The topological polar surface area (TPSA) is 420 Å². The molecule has 3 aliphatic heterocycles. The maximum Gasteiger partial charge on any atom is 0.397 e. The Morgan fingerprint density at radius 3 is 1.80 bits per heavy atom. The maximum absolute atomic E-state index is 12.3. The molecule has 0 radical (unpaired) electrons. The van der Waals surface area contributed by atoms with Crippen molar-refractivity contribution in [1.82, 2.24) is 10.6 Å². The highest BCUT2D eigenvalue weighted by molar-refractivity contribution is 7.80. The molecule has 3 aliphatic rings. The highest BCUT2D eigenvalue weighted by Crippen LogP contribution is 2.33. The molecule has 322 valence electrons. The Morgan fingerprint density at radius 2 is 1.27 bits per heavy atom. The van der Waals surface area contributed by atoms with E-state index >= 15 is 0 Å². The predicted molar refractivity (Wildman–Crippen MR) is 170 cm³/mol. The third-order valence-corrected chi connectivity index (χ3v) is 9.30. The zero-order chi connectivity index (χ0) is 41.5. The molecule has 0 aromatic heterocycles. The van der Waals surface area contributed by atoms with Crippen molar-refractivity contribution in [1.29, 1.82) is 0 Å². The predicted octanol–water partition coefficient (Wildman–Crippen LogP) is -10.00. The van der Waals surface area contributed by atoms with Gasteiger partial charge in [0.05, 0.1) is 39.1 Å². The molecule has 3 fully saturated rings. The van der Waals surface area contributed by atoms with Crippen molar-refractivity contribution >= 4 is 22.2 Å². The minimum Gasteiger partial charge on any atom is -0.394 e. The lowest BCUT2D eigenvalue weighted by atomic mass is 9.94. The summed E-state index contributed by atoms with van der Waals surface area (Å²) in [6, 6.07) is -3.25. The Bertz CT molecular complexity index is 1330. The molecule has 0 aromatic rings. The van der Waals surface area contributed by atoms with E-state index in [-0.39, 0.29) is 0 Å². The number of ether oxygens (including phenoxy) is 6. The van der Waals surface area contributed by atoms with Crippen LogP contribution in [0.3, 0.4) is 0 Å². The molecule has 55 heavy (non-hydrogen) atoms. The lowest BCUT2D eigenvalue weighted by molar-refractivity contribution is -0.371. The van der Waals surface area contributed by atoms with E-state index in [1.807, 2.05) is 0 Å². The lowest BCUT2D eigenvalue weighted by Crippen LogP contribution is -2.69. The van der Waals surface area contributed by atoms with Gasteiger partial charge in [0, 0.05) is 13.8 Å². The van der Waals surface area contributed by atoms with Crippen molar-refractivity contribution in [3.05, 3.63) is 0 Å². The summed E-state index contributed by atoms with van der Waals surface area (Å²) in [4.78, 5) is 24.1. The Balaban J connectivity index is 1.91. The van der Waals surface area contributed by atoms with Crippen LogP contribution in [0.15, 0.2) is 0 Å². The minimum absolute atomic E-state index is 0.740. The van der Waals surface area contributed by atoms with Gasteiger partial charge in [-0.15, -0.1) is 0 Å². The Hall–Kier alpha value is -1.91. The average Bonchev–Trinajstić information content (AvgIpc) is 3.12. The van der Waals surface area contributed by atoms with Gasteiger partial charge in [0.2, 0.25) is 11.8 Å². The van der Waals surface area contributed by atoms with Crippen molar-refractivity contribution in [2.45, 2.75) is 130 Å². The minimum atomic E-state index is -5.07. The normalized spacial score (nSPS) is 39.4. The maximum atomic E-state index is 12.3. The Labute approximate surface area is 312 Å². The van der Waals surface area contributed by atoms with Crippen LogP contribution in [0, 0.1) is 0 Å². The number of aliphatic hydroxyl groups excluding tert-OH is 12. The van der Waals surface area contributed by atoms with E-state index < -0.39 is 172 Å². The molecule has 0 unspecified atom stereocenters. The van der Waals surface area contributed by atoms with Crippen LogP contribution in [-0.2, 0) is 52.6 Å². The zero-order valence-electron chi connectivity index (χ0n) is 29.2. The quantitative estimate of drug-likeness (QED) is 0.0570. The molecule has 0 bridgehead atoms. The summed E-state index contributed by atoms with van der Waals surface area (Å²) < 4.78 is 68.7. The molecular weight excluding hydrogens is 780 g/mol. The Morgan fingerprint density at radius 1 is 0.691 bits per heavy atom. The fraction of sp³-hybridized carbons (Fsp3) is 0.929. The molecular formula is C28H50N2O24S. The van der Waals surface area contributed by atoms with E-state index in [1.54, 1.807) is 0 Å². The van der Waals surface area contributed by atoms with Crippen LogP contribution in [0.25, 0.3) is 0 Å². The van der Waals surface area contributed by atoms with Gasteiger partial charge < -0.3 is 100 Å². The third-order valence-electron chi connectivity index (χ3n) is 8.87. The molecule has 27 heteroatoms. The standard InChI is InChI=1S/C28H50N2O24S/c1-8(35)29-10(3-31)23(16(38)11(37)4-32)52-28-22(44)25(18(40)12(5-33)49-28)54-26-15(30-9(2)36)19(41)24(13(6-34)50-26)53-27-21(43)20(42)17(39)14(51-27)7-48-55(45,46)47/h10-28,31-34,37-44H,3-7H2,1-2H3,(H,29,35)(H,30,36)(H,45,46,47)/t10-,11+,12+,13+,14+,15+,16-,17-,18-,19+,20-,21+,22+,23+,24+,25-,26-,27-,28-/m0/s1. The fourth-order valence-corrected chi connectivity index (χ4v) is 6.39. The van der Waals surface area contributed by atoms with E-state index in [2.05, 4.69) is 14.8 Å². The summed E-state index contributed by atoms with van der Waals surface area (Å²) >= 11 is 0. The third kappa shape index (κ3) is 12.1. The monoisotopic (exact) mass is 830 g/mol. The number of hydrogen-bond donors (Lipinski definition) is 15. The van der Waals surface area contributed by atoms with Gasteiger partial charge >= 0.3 is 10.4 Å². The summed E-state index contributed by atoms with van der Waals surface area (Å²) in [5.41, 5.74) is 0. The SMILES string of the molecule is CC(=O)N[C@H]1[C@H](O[C@H]2[C@@H](O)[C@@H](CO)O[C@@H](O[C@@H]([C@@H](O)[C@H](O)CO)[C@H](CO)NC(C)=O)[C@@H]2O)O[C@H](CO)[C@@H](O[C@@H]2O[C@H](COS(=O)(=O)O)[C@H](O)[C@H](O)[C@H]2O)[C@@H]1O. The molecule has 15 N–H and O–H groups in total. The van der Waals surface area contributed by atoms with E-state index in [0.29, 0.717) is 0 Å². The second-order valence-corrected chi connectivity index (χ2v) is 14.0. The number of carbonyl (C=O) groups excluding carboxylic acids is 2. The number of aliphatic hydroxyl groups is 12. The van der Waals surface area contributed by atoms with Gasteiger partial charge in [-0.3, -0.25) is 14.1 Å². The fourth-order valence-electron chi connectivity index (χ4n) is 6.08. The largest absolute Gasteiger partial charge is 0.397 e. The molecule has 2 amide bonds. The summed E-state index contributed by atoms with van der Waals surface area (Å²) in [5, 5.41) is 130. The van der Waals surface area contributed by atoms with Gasteiger partial charge in [0.1, 0.15) is 91.5 Å². The van der Waals surface area contributed by atoms with Crippen LogP contribution >= 0.6 is 0 Å².